The van der Waals surface area contributed by atoms with Crippen LogP contribution in [0.3, 0.4) is 0 Å². The zero-order chi connectivity index (χ0) is 16.2. The largest absolute Gasteiger partial charge is 0.399 e. The number of carbonyl (C=O) groups is 2. The van der Waals surface area contributed by atoms with Crippen molar-refractivity contribution in [1.82, 2.24) is 5.32 Å². The number of carbonyl (C=O) groups excluding carboxylic acids is 2. The Morgan fingerprint density at radius 3 is 2.91 bits per heavy atom. The Kier molecular flexibility index (Phi) is 4.76. The van der Waals surface area contributed by atoms with E-state index in [4.69, 9.17) is 5.73 Å². The van der Waals surface area contributed by atoms with Crippen molar-refractivity contribution in [2.75, 3.05) is 5.73 Å². The molecule has 1 aliphatic carbocycles. The van der Waals surface area contributed by atoms with Gasteiger partial charge >= 0.3 is 0 Å². The van der Waals surface area contributed by atoms with Crippen molar-refractivity contribution in [3.05, 3.63) is 51.7 Å². The second kappa shape index (κ2) is 6.96. The van der Waals surface area contributed by atoms with Gasteiger partial charge in [-0.15, -0.1) is 11.3 Å². The van der Waals surface area contributed by atoms with E-state index in [0.29, 0.717) is 0 Å². The normalized spacial score (nSPS) is 16.6. The minimum Gasteiger partial charge on any atom is -0.399 e. The molecule has 1 aromatic heterocycles. The number of nitrogen functional groups attached to an aromatic ring is 1. The summed E-state index contributed by atoms with van der Waals surface area (Å²) in [5, 5.41) is 4.94. The molecule has 0 radical (unpaired) electrons. The van der Waals surface area contributed by atoms with Crippen molar-refractivity contribution < 1.29 is 9.59 Å². The number of hydrogen-bond acceptors (Lipinski definition) is 4. The van der Waals surface area contributed by atoms with Crippen LogP contribution in [0.1, 0.15) is 52.5 Å². The molecule has 0 fully saturated rings. The second-order valence-corrected chi connectivity index (χ2v) is 6.82. The van der Waals surface area contributed by atoms with Crippen LogP contribution in [0.5, 0.6) is 0 Å². The molecule has 1 aromatic carbocycles. The van der Waals surface area contributed by atoms with Gasteiger partial charge in [-0.2, -0.15) is 0 Å². The van der Waals surface area contributed by atoms with Gasteiger partial charge in [-0.25, -0.2) is 0 Å². The first kappa shape index (κ1) is 15.7. The number of fused-ring (bicyclic) bond motifs is 1. The zero-order valence-electron chi connectivity index (χ0n) is 12.9. The summed E-state index contributed by atoms with van der Waals surface area (Å²) in [6, 6.07) is 9.56. The van der Waals surface area contributed by atoms with Gasteiger partial charge in [0.1, 0.15) is 0 Å². The number of nitrogens with two attached hydrogens (primary N) is 1. The molecule has 0 bridgehead atoms. The average Bonchev–Trinajstić information content (AvgIpc) is 3.07. The topological polar surface area (TPSA) is 72.2 Å². The van der Waals surface area contributed by atoms with E-state index >= 15 is 0 Å². The van der Waals surface area contributed by atoms with E-state index in [0.717, 1.165) is 35.4 Å². The van der Waals surface area contributed by atoms with E-state index in [-0.39, 0.29) is 30.6 Å². The molecule has 5 heteroatoms. The highest BCUT2D eigenvalue weighted by atomic mass is 32.1. The predicted molar refractivity (Wildman–Crippen MR) is 92.6 cm³/mol. The molecule has 1 atom stereocenters. The number of ketones is 1. The maximum atomic E-state index is 12.2. The molecule has 120 valence electrons. The quantitative estimate of drug-likeness (QED) is 0.652. The van der Waals surface area contributed by atoms with Gasteiger partial charge in [0.05, 0.1) is 10.9 Å². The first-order valence-corrected chi connectivity index (χ1v) is 8.76. The Morgan fingerprint density at radius 1 is 1.26 bits per heavy atom. The van der Waals surface area contributed by atoms with E-state index in [1.165, 1.54) is 16.9 Å². The molecule has 0 spiro atoms. The fraction of sp³-hybridized carbons (Fsp3) is 0.333. The summed E-state index contributed by atoms with van der Waals surface area (Å²) in [7, 11) is 0. The van der Waals surface area contributed by atoms with Gasteiger partial charge in [-0.3, -0.25) is 9.59 Å². The molecular weight excluding hydrogens is 308 g/mol. The molecule has 2 aromatic rings. The minimum atomic E-state index is -0.0652. The van der Waals surface area contributed by atoms with Crippen molar-refractivity contribution in [3.63, 3.8) is 0 Å². The lowest BCUT2D eigenvalue weighted by molar-refractivity contribution is -0.121. The molecule has 1 unspecified atom stereocenters. The molecule has 0 saturated heterocycles. The monoisotopic (exact) mass is 328 g/mol. The molecule has 23 heavy (non-hydrogen) atoms. The minimum absolute atomic E-state index is 0.0312. The van der Waals surface area contributed by atoms with Crippen LogP contribution in [0.4, 0.5) is 5.69 Å². The highest BCUT2D eigenvalue weighted by Gasteiger charge is 2.22. The molecule has 4 nitrogen and oxygen atoms in total. The molecule has 1 aliphatic rings. The van der Waals surface area contributed by atoms with Crippen LogP contribution in [0.15, 0.2) is 35.7 Å². The van der Waals surface area contributed by atoms with Crippen LogP contribution in [0.2, 0.25) is 0 Å². The van der Waals surface area contributed by atoms with Crippen molar-refractivity contribution in [2.45, 2.75) is 38.1 Å². The number of rotatable bonds is 5. The number of amides is 1. The summed E-state index contributed by atoms with van der Waals surface area (Å²) in [6.45, 7) is 0. The zero-order valence-corrected chi connectivity index (χ0v) is 13.7. The van der Waals surface area contributed by atoms with Gasteiger partial charge in [-0.1, -0.05) is 12.1 Å². The van der Waals surface area contributed by atoms with Crippen molar-refractivity contribution in [2.24, 2.45) is 0 Å². The summed E-state index contributed by atoms with van der Waals surface area (Å²) in [4.78, 5) is 24.9. The summed E-state index contributed by atoms with van der Waals surface area (Å²) >= 11 is 1.42. The van der Waals surface area contributed by atoms with E-state index < -0.39 is 0 Å². The molecule has 3 N–H and O–H groups in total. The van der Waals surface area contributed by atoms with Crippen LogP contribution in [0.25, 0.3) is 0 Å². The molecule has 0 aliphatic heterocycles. The summed E-state index contributed by atoms with van der Waals surface area (Å²) < 4.78 is 0. The fourth-order valence-corrected chi connectivity index (χ4v) is 3.73. The molecule has 3 rings (SSSR count). The van der Waals surface area contributed by atoms with E-state index in [2.05, 4.69) is 5.32 Å². The number of nitrogens with one attached hydrogen (secondary N) is 1. The smallest absolute Gasteiger partial charge is 0.220 e. The third kappa shape index (κ3) is 3.79. The third-order valence-electron chi connectivity index (χ3n) is 4.19. The summed E-state index contributed by atoms with van der Waals surface area (Å²) in [6.07, 6.45) is 3.46. The van der Waals surface area contributed by atoms with Crippen LogP contribution < -0.4 is 11.1 Å². The van der Waals surface area contributed by atoms with E-state index in [1.54, 1.807) is 6.07 Å². The maximum absolute atomic E-state index is 12.2. The van der Waals surface area contributed by atoms with Gasteiger partial charge in [0.15, 0.2) is 5.78 Å². The van der Waals surface area contributed by atoms with Crippen LogP contribution in [-0.2, 0) is 11.2 Å². The summed E-state index contributed by atoms with van der Waals surface area (Å²) in [5.41, 5.74) is 8.97. The predicted octanol–water partition coefficient (Wildman–Crippen LogP) is 3.49. The van der Waals surface area contributed by atoms with Gasteiger partial charge < -0.3 is 11.1 Å². The standard InChI is InChI=1S/C18H20N2O2S/c19-13-6-7-14-12(11-13)3-1-4-15(14)20-18(22)9-8-16(21)17-5-2-10-23-17/h2,5-7,10-11,15H,1,3-4,8-9,19H2,(H,20,22). The number of benzene rings is 1. The first-order valence-electron chi connectivity index (χ1n) is 7.88. The van der Waals surface area contributed by atoms with Crippen LogP contribution in [0, 0.1) is 0 Å². The summed E-state index contributed by atoms with van der Waals surface area (Å²) in [5.74, 6) is -0.0310. The van der Waals surface area contributed by atoms with E-state index in [1.807, 2.05) is 29.6 Å². The number of Topliss-reactive ketones (excluding diaryl/α,β-unsaturated/α-hetero) is 1. The number of aryl methyl sites for hydroxylation is 1. The van der Waals surface area contributed by atoms with Crippen LogP contribution in [-0.4, -0.2) is 11.7 Å². The Morgan fingerprint density at radius 2 is 2.13 bits per heavy atom. The van der Waals surface area contributed by atoms with Crippen molar-refractivity contribution in [1.29, 1.82) is 0 Å². The van der Waals surface area contributed by atoms with Gasteiger partial charge in [0.2, 0.25) is 5.91 Å². The lowest BCUT2D eigenvalue weighted by Crippen LogP contribution is -2.31. The van der Waals surface area contributed by atoms with Crippen molar-refractivity contribution in [3.8, 4) is 0 Å². The Labute approximate surface area is 139 Å². The highest BCUT2D eigenvalue weighted by Crippen LogP contribution is 2.31. The first-order chi connectivity index (χ1) is 11.1. The number of hydrogen-bond donors (Lipinski definition) is 2. The Hall–Kier alpha value is -2.14. The number of thiophene rings is 1. The molecule has 1 heterocycles. The average molecular weight is 328 g/mol. The molecular formula is C18H20N2O2S. The Balaban J connectivity index is 1.58. The number of anilines is 1. The van der Waals surface area contributed by atoms with Gasteiger partial charge in [0.25, 0.3) is 0 Å². The maximum Gasteiger partial charge on any atom is 0.220 e. The molecule has 1 amide bonds. The Bertz CT molecular complexity index is 710. The SMILES string of the molecule is Nc1ccc2c(c1)CCCC2NC(=O)CCC(=O)c1cccs1. The lowest BCUT2D eigenvalue weighted by atomic mass is 9.87. The van der Waals surface area contributed by atoms with Gasteiger partial charge in [0, 0.05) is 18.5 Å². The lowest BCUT2D eigenvalue weighted by Gasteiger charge is -2.26. The second-order valence-electron chi connectivity index (χ2n) is 5.87. The molecule has 0 saturated carbocycles. The highest BCUT2D eigenvalue weighted by molar-refractivity contribution is 7.12. The van der Waals surface area contributed by atoms with E-state index in [9.17, 15) is 9.59 Å². The van der Waals surface area contributed by atoms with Crippen molar-refractivity contribution >= 4 is 28.7 Å². The third-order valence-corrected chi connectivity index (χ3v) is 5.10. The van der Waals surface area contributed by atoms with Crippen LogP contribution >= 0.6 is 11.3 Å². The van der Waals surface area contributed by atoms with Gasteiger partial charge in [-0.05, 0) is 54.0 Å². The fourth-order valence-electron chi connectivity index (χ4n) is 3.04.